The third-order valence-corrected chi connectivity index (χ3v) is 5.47. The van der Waals surface area contributed by atoms with Gasteiger partial charge in [0.1, 0.15) is 0 Å². The molecule has 0 spiro atoms. The number of nitrogens with zero attached hydrogens (tertiary/aromatic N) is 1. The van der Waals surface area contributed by atoms with Crippen LogP contribution in [0.4, 0.5) is 11.4 Å². The lowest BCUT2D eigenvalue weighted by molar-refractivity contribution is -0.147. The molecule has 2 heterocycles. The van der Waals surface area contributed by atoms with Gasteiger partial charge in [-0.15, -0.1) is 0 Å². The summed E-state index contributed by atoms with van der Waals surface area (Å²) in [5.41, 5.74) is 3.87. The van der Waals surface area contributed by atoms with Crippen molar-refractivity contribution in [1.29, 1.82) is 0 Å². The number of amides is 2. The lowest BCUT2D eigenvalue weighted by Gasteiger charge is -2.17. The van der Waals surface area contributed by atoms with Crippen molar-refractivity contribution in [1.82, 2.24) is 0 Å². The van der Waals surface area contributed by atoms with E-state index in [4.69, 9.17) is 4.74 Å². The van der Waals surface area contributed by atoms with Crippen LogP contribution in [0.1, 0.15) is 34.3 Å². The number of hydrogen-bond donors (Lipinski definition) is 1. The van der Waals surface area contributed by atoms with Crippen molar-refractivity contribution in [2.24, 2.45) is 5.92 Å². The lowest BCUT2D eigenvalue weighted by Crippen LogP contribution is -2.27. The van der Waals surface area contributed by atoms with Gasteiger partial charge in [-0.3, -0.25) is 19.2 Å². The van der Waals surface area contributed by atoms with E-state index < -0.39 is 11.9 Å². The molecule has 0 aliphatic carbocycles. The summed E-state index contributed by atoms with van der Waals surface area (Å²) < 4.78 is 5.22. The molecule has 0 bridgehead atoms. The van der Waals surface area contributed by atoms with E-state index in [1.807, 2.05) is 31.2 Å². The van der Waals surface area contributed by atoms with Crippen molar-refractivity contribution in [3.05, 3.63) is 59.2 Å². The normalized spacial score (nSPS) is 18.0. The van der Waals surface area contributed by atoms with Gasteiger partial charge in [0.25, 0.3) is 0 Å². The van der Waals surface area contributed by atoms with Crippen LogP contribution in [0.25, 0.3) is 0 Å². The van der Waals surface area contributed by atoms with Gasteiger partial charge >= 0.3 is 5.97 Å². The van der Waals surface area contributed by atoms with E-state index in [0.717, 1.165) is 16.8 Å². The minimum atomic E-state index is -0.592. The molecule has 154 valence electrons. The van der Waals surface area contributed by atoms with Crippen molar-refractivity contribution < 1.29 is 23.9 Å². The fraction of sp³-hybridized carbons (Fsp3) is 0.304. The highest BCUT2D eigenvalue weighted by atomic mass is 16.5. The summed E-state index contributed by atoms with van der Waals surface area (Å²) in [6.07, 6.45) is 1.02. The highest BCUT2D eigenvalue weighted by Gasteiger charge is 2.36. The fourth-order valence-corrected chi connectivity index (χ4v) is 3.73. The van der Waals surface area contributed by atoms with Crippen LogP contribution in [0.3, 0.4) is 0 Å². The minimum Gasteiger partial charge on any atom is -0.457 e. The van der Waals surface area contributed by atoms with Gasteiger partial charge in [0.15, 0.2) is 12.4 Å². The summed E-state index contributed by atoms with van der Waals surface area (Å²) in [4.78, 5) is 50.2. The Hall–Kier alpha value is -3.48. The average molecular weight is 406 g/mol. The van der Waals surface area contributed by atoms with Crippen LogP contribution in [-0.4, -0.2) is 36.7 Å². The summed E-state index contributed by atoms with van der Waals surface area (Å²) in [6, 6.07) is 12.6. The molecular weight excluding hydrogens is 384 g/mol. The van der Waals surface area contributed by atoms with Crippen LogP contribution in [0, 0.1) is 12.8 Å². The Kier molecular flexibility index (Phi) is 5.35. The molecule has 7 nitrogen and oxygen atoms in total. The number of anilines is 2. The maximum Gasteiger partial charge on any atom is 0.311 e. The molecule has 1 fully saturated rings. The third kappa shape index (κ3) is 4.10. The molecule has 2 aromatic carbocycles. The molecule has 2 aromatic rings. The number of esters is 1. The molecule has 1 atom stereocenters. The number of hydrogen-bond acceptors (Lipinski definition) is 5. The zero-order chi connectivity index (χ0) is 21.3. The molecule has 2 aliphatic heterocycles. The van der Waals surface area contributed by atoms with Crippen LogP contribution < -0.4 is 10.2 Å². The van der Waals surface area contributed by atoms with Gasteiger partial charge < -0.3 is 15.0 Å². The Bertz CT molecular complexity index is 1030. The Labute approximate surface area is 174 Å². The van der Waals surface area contributed by atoms with Gasteiger partial charge in [0.2, 0.25) is 11.8 Å². The maximum atomic E-state index is 12.5. The summed E-state index contributed by atoms with van der Waals surface area (Å²) in [5.74, 6) is -1.63. The SMILES string of the molecule is Cc1ccc(N2C[C@@H](C(=O)OCC(=O)c3ccc4c(c3)CCC(=O)N4)CC2=O)cc1. The van der Waals surface area contributed by atoms with E-state index in [1.54, 1.807) is 23.1 Å². The van der Waals surface area contributed by atoms with Gasteiger partial charge in [-0.1, -0.05) is 17.7 Å². The highest BCUT2D eigenvalue weighted by Crippen LogP contribution is 2.27. The monoisotopic (exact) mass is 406 g/mol. The Morgan fingerprint density at radius 1 is 1.10 bits per heavy atom. The summed E-state index contributed by atoms with van der Waals surface area (Å²) in [7, 11) is 0. The van der Waals surface area contributed by atoms with Crippen molar-refractivity contribution in [3.8, 4) is 0 Å². The number of Topliss-reactive ketones (excluding diaryl/α,β-unsaturated/α-hetero) is 1. The predicted molar refractivity (Wildman–Crippen MR) is 110 cm³/mol. The zero-order valence-electron chi connectivity index (χ0n) is 16.6. The lowest BCUT2D eigenvalue weighted by atomic mass is 9.99. The van der Waals surface area contributed by atoms with E-state index in [9.17, 15) is 19.2 Å². The second kappa shape index (κ2) is 8.10. The number of rotatable bonds is 5. The summed E-state index contributed by atoms with van der Waals surface area (Å²) >= 11 is 0. The standard InChI is InChI=1S/C23H22N2O5/c1-14-2-6-18(7-3-14)25-12-17(11-22(25)28)23(29)30-13-20(26)16-4-8-19-15(10-16)5-9-21(27)24-19/h2-4,6-8,10,17H,5,9,11-13H2,1H3,(H,24,27)/t17-/m0/s1. The molecule has 0 aromatic heterocycles. The van der Waals surface area contributed by atoms with E-state index in [-0.39, 0.29) is 37.2 Å². The number of ketones is 1. The molecule has 0 saturated carbocycles. The van der Waals surface area contributed by atoms with Crippen molar-refractivity contribution in [2.75, 3.05) is 23.4 Å². The van der Waals surface area contributed by atoms with E-state index >= 15 is 0 Å². The largest absolute Gasteiger partial charge is 0.457 e. The first kappa shape index (κ1) is 19.8. The highest BCUT2D eigenvalue weighted by molar-refractivity contribution is 6.02. The third-order valence-electron chi connectivity index (χ3n) is 5.47. The number of carbonyl (C=O) groups excluding carboxylic acids is 4. The topological polar surface area (TPSA) is 92.8 Å². The first-order chi connectivity index (χ1) is 14.4. The zero-order valence-corrected chi connectivity index (χ0v) is 16.6. The van der Waals surface area contributed by atoms with Gasteiger partial charge in [0, 0.05) is 36.3 Å². The maximum absolute atomic E-state index is 12.5. The molecule has 0 unspecified atom stereocenters. The molecule has 7 heteroatoms. The minimum absolute atomic E-state index is 0.0405. The van der Waals surface area contributed by atoms with E-state index in [1.165, 1.54) is 0 Å². The Morgan fingerprint density at radius 3 is 2.63 bits per heavy atom. The fourth-order valence-electron chi connectivity index (χ4n) is 3.73. The van der Waals surface area contributed by atoms with Crippen LogP contribution in [0.15, 0.2) is 42.5 Å². The van der Waals surface area contributed by atoms with Crippen LogP contribution in [0.5, 0.6) is 0 Å². The molecule has 4 rings (SSSR count). The molecule has 1 N–H and O–H groups in total. The van der Waals surface area contributed by atoms with Crippen LogP contribution in [0.2, 0.25) is 0 Å². The van der Waals surface area contributed by atoms with Gasteiger partial charge in [-0.2, -0.15) is 0 Å². The Balaban J connectivity index is 1.34. The number of benzene rings is 2. The molecule has 30 heavy (non-hydrogen) atoms. The number of carbonyl (C=O) groups is 4. The number of ether oxygens (including phenoxy) is 1. The van der Waals surface area contributed by atoms with Gasteiger partial charge in [0.05, 0.1) is 5.92 Å². The predicted octanol–water partition coefficient (Wildman–Crippen LogP) is 2.66. The average Bonchev–Trinajstić information content (AvgIpc) is 3.13. The second-order valence-electron chi connectivity index (χ2n) is 7.69. The molecule has 1 saturated heterocycles. The van der Waals surface area contributed by atoms with Crippen molar-refractivity contribution in [3.63, 3.8) is 0 Å². The second-order valence-corrected chi connectivity index (χ2v) is 7.69. The number of nitrogens with one attached hydrogen (secondary N) is 1. The number of aryl methyl sites for hydroxylation is 2. The van der Waals surface area contributed by atoms with E-state index in [0.29, 0.717) is 24.1 Å². The first-order valence-corrected chi connectivity index (χ1v) is 9.90. The van der Waals surface area contributed by atoms with Crippen LogP contribution in [-0.2, 0) is 25.5 Å². The van der Waals surface area contributed by atoms with Gasteiger partial charge in [-0.25, -0.2) is 0 Å². The first-order valence-electron chi connectivity index (χ1n) is 9.90. The summed E-state index contributed by atoms with van der Waals surface area (Å²) in [5, 5.41) is 2.77. The Morgan fingerprint density at radius 2 is 1.87 bits per heavy atom. The van der Waals surface area contributed by atoms with Gasteiger partial charge in [-0.05, 0) is 49.2 Å². The van der Waals surface area contributed by atoms with Crippen molar-refractivity contribution in [2.45, 2.75) is 26.2 Å². The smallest absolute Gasteiger partial charge is 0.311 e. The molecular formula is C23H22N2O5. The summed E-state index contributed by atoms with van der Waals surface area (Å²) in [6.45, 7) is 1.83. The molecule has 2 aliphatic rings. The van der Waals surface area contributed by atoms with Crippen LogP contribution >= 0.6 is 0 Å². The van der Waals surface area contributed by atoms with E-state index in [2.05, 4.69) is 5.32 Å². The number of fused-ring (bicyclic) bond motifs is 1. The molecule has 2 amide bonds. The molecule has 0 radical (unpaired) electrons. The quantitative estimate of drug-likeness (QED) is 0.609. The van der Waals surface area contributed by atoms with Crippen molar-refractivity contribution >= 4 is 34.9 Å².